The fourth-order valence-electron chi connectivity index (χ4n) is 3.18. The molecule has 0 fully saturated rings. The minimum Gasteiger partial charge on any atom is -0.393 e. The number of hydrazine groups is 1. The van der Waals surface area contributed by atoms with Gasteiger partial charge in [-0.3, -0.25) is 20.4 Å². The second kappa shape index (κ2) is 9.00. The van der Waals surface area contributed by atoms with Gasteiger partial charge < -0.3 is 16.4 Å². The van der Waals surface area contributed by atoms with E-state index in [1.807, 2.05) is 36.4 Å². The van der Waals surface area contributed by atoms with Crippen molar-refractivity contribution in [1.29, 1.82) is 0 Å². The number of hydrogen-bond acceptors (Lipinski definition) is 7. The Kier molecular flexibility index (Phi) is 5.80. The highest BCUT2D eigenvalue weighted by Crippen LogP contribution is 2.26. The molecule has 4 rings (SSSR count). The molecular weight excluding hydrogens is 406 g/mol. The zero-order valence-corrected chi connectivity index (χ0v) is 17.2. The van der Waals surface area contributed by atoms with Crippen molar-refractivity contribution in [3.05, 3.63) is 78.6 Å². The SMILES string of the molecule is CC(=O)Nc1ccc(Nc2ncnc(NNC(=O)c3cccc4ccccc34)c2N)cc1. The lowest BCUT2D eigenvalue weighted by atomic mass is 10.0. The molecule has 0 aliphatic rings. The van der Waals surface area contributed by atoms with Gasteiger partial charge in [0.25, 0.3) is 5.91 Å². The number of carbonyl (C=O) groups excluding carboxylic acids is 2. The van der Waals surface area contributed by atoms with Crippen LogP contribution in [-0.2, 0) is 4.79 Å². The molecule has 0 saturated carbocycles. The molecule has 0 saturated heterocycles. The van der Waals surface area contributed by atoms with Crippen molar-refractivity contribution in [3.8, 4) is 0 Å². The highest BCUT2D eigenvalue weighted by Gasteiger charge is 2.12. The standard InChI is InChI=1S/C23H21N7O2/c1-14(31)27-16-9-11-17(12-10-16)28-21-20(24)22(26-13-25-21)29-30-23(32)19-8-4-6-15-5-2-3-7-18(15)19/h2-13H,24H2,1H3,(H,27,31)(H,30,32)(H2,25,26,28,29). The lowest BCUT2D eigenvalue weighted by molar-refractivity contribution is -0.114. The molecule has 0 atom stereocenters. The van der Waals surface area contributed by atoms with Gasteiger partial charge in [-0.15, -0.1) is 0 Å². The van der Waals surface area contributed by atoms with Gasteiger partial charge in [-0.25, -0.2) is 9.97 Å². The van der Waals surface area contributed by atoms with E-state index in [0.717, 1.165) is 16.5 Å². The highest BCUT2D eigenvalue weighted by molar-refractivity contribution is 6.07. The summed E-state index contributed by atoms with van der Waals surface area (Å²) in [5, 5.41) is 7.61. The number of benzene rings is 3. The first-order valence-electron chi connectivity index (χ1n) is 9.80. The third kappa shape index (κ3) is 4.57. The number of nitrogen functional groups attached to an aromatic ring is 1. The third-order valence-corrected chi connectivity index (χ3v) is 4.68. The van der Waals surface area contributed by atoms with Crippen LogP contribution in [0.4, 0.5) is 28.7 Å². The molecule has 0 unspecified atom stereocenters. The topological polar surface area (TPSA) is 134 Å². The molecule has 0 aliphatic heterocycles. The smallest absolute Gasteiger partial charge is 0.270 e. The summed E-state index contributed by atoms with van der Waals surface area (Å²) < 4.78 is 0. The van der Waals surface area contributed by atoms with Crippen molar-refractivity contribution < 1.29 is 9.59 Å². The normalized spacial score (nSPS) is 10.4. The summed E-state index contributed by atoms with van der Waals surface area (Å²) in [4.78, 5) is 32.1. The van der Waals surface area contributed by atoms with Crippen LogP contribution in [0.25, 0.3) is 10.8 Å². The average Bonchev–Trinajstić information content (AvgIpc) is 2.80. The molecule has 0 aliphatic carbocycles. The fourth-order valence-corrected chi connectivity index (χ4v) is 3.18. The van der Waals surface area contributed by atoms with Gasteiger partial charge >= 0.3 is 0 Å². The molecule has 0 spiro atoms. The summed E-state index contributed by atoms with van der Waals surface area (Å²) in [6.45, 7) is 1.45. The Morgan fingerprint density at radius 1 is 0.844 bits per heavy atom. The van der Waals surface area contributed by atoms with Gasteiger partial charge in [-0.1, -0.05) is 36.4 Å². The first-order valence-corrected chi connectivity index (χ1v) is 9.80. The van der Waals surface area contributed by atoms with Crippen LogP contribution in [0.5, 0.6) is 0 Å². The van der Waals surface area contributed by atoms with E-state index in [9.17, 15) is 9.59 Å². The minimum absolute atomic E-state index is 0.146. The molecule has 160 valence electrons. The van der Waals surface area contributed by atoms with Gasteiger partial charge in [-0.2, -0.15) is 0 Å². The lowest BCUT2D eigenvalue weighted by Crippen LogP contribution is -2.30. The van der Waals surface area contributed by atoms with Crippen LogP contribution in [0.2, 0.25) is 0 Å². The number of hydrogen-bond donors (Lipinski definition) is 5. The van der Waals surface area contributed by atoms with Crippen molar-refractivity contribution >= 4 is 51.3 Å². The number of carbonyl (C=O) groups is 2. The predicted molar refractivity (Wildman–Crippen MR) is 126 cm³/mol. The Morgan fingerprint density at radius 2 is 1.53 bits per heavy atom. The maximum Gasteiger partial charge on any atom is 0.270 e. The van der Waals surface area contributed by atoms with Crippen molar-refractivity contribution in [1.82, 2.24) is 15.4 Å². The third-order valence-electron chi connectivity index (χ3n) is 4.68. The largest absolute Gasteiger partial charge is 0.393 e. The Balaban J connectivity index is 1.46. The molecule has 0 radical (unpaired) electrons. The number of anilines is 5. The van der Waals surface area contributed by atoms with Gasteiger partial charge in [0.05, 0.1) is 0 Å². The van der Waals surface area contributed by atoms with E-state index in [4.69, 9.17) is 5.73 Å². The maximum absolute atomic E-state index is 12.7. The van der Waals surface area contributed by atoms with E-state index in [0.29, 0.717) is 17.1 Å². The number of nitrogens with one attached hydrogen (secondary N) is 4. The van der Waals surface area contributed by atoms with E-state index in [-0.39, 0.29) is 23.3 Å². The summed E-state index contributed by atoms with van der Waals surface area (Å²) in [6, 6.07) is 20.2. The first kappa shape index (κ1) is 20.6. The minimum atomic E-state index is -0.317. The van der Waals surface area contributed by atoms with Crippen molar-refractivity contribution in [3.63, 3.8) is 0 Å². The average molecular weight is 427 g/mol. The molecule has 3 aromatic carbocycles. The van der Waals surface area contributed by atoms with Crippen molar-refractivity contribution in [2.75, 3.05) is 21.8 Å². The molecule has 9 nitrogen and oxygen atoms in total. The summed E-state index contributed by atoms with van der Waals surface area (Å²) in [5.41, 5.74) is 13.7. The molecule has 9 heteroatoms. The van der Waals surface area contributed by atoms with E-state index >= 15 is 0 Å². The first-order chi connectivity index (χ1) is 15.5. The van der Waals surface area contributed by atoms with Crippen molar-refractivity contribution in [2.45, 2.75) is 6.92 Å². The Bertz CT molecular complexity index is 1280. The van der Waals surface area contributed by atoms with E-state index in [2.05, 4.69) is 31.5 Å². The second-order valence-corrected chi connectivity index (χ2v) is 6.97. The zero-order chi connectivity index (χ0) is 22.5. The number of amides is 2. The number of fused-ring (bicyclic) bond motifs is 1. The molecule has 4 aromatic rings. The van der Waals surface area contributed by atoms with Crippen LogP contribution in [-0.4, -0.2) is 21.8 Å². The number of rotatable bonds is 6. The fraction of sp³-hybridized carbons (Fsp3) is 0.0435. The Morgan fingerprint density at radius 3 is 2.31 bits per heavy atom. The van der Waals surface area contributed by atoms with Gasteiger partial charge in [0.2, 0.25) is 5.91 Å². The van der Waals surface area contributed by atoms with Crippen molar-refractivity contribution in [2.24, 2.45) is 0 Å². The molecule has 0 bridgehead atoms. The molecule has 32 heavy (non-hydrogen) atoms. The van der Waals surface area contributed by atoms with Crippen LogP contribution < -0.4 is 27.2 Å². The Labute approximate surface area is 184 Å². The lowest BCUT2D eigenvalue weighted by Gasteiger charge is -2.14. The highest BCUT2D eigenvalue weighted by atomic mass is 16.2. The van der Waals surface area contributed by atoms with Gasteiger partial charge in [0.15, 0.2) is 11.6 Å². The summed E-state index contributed by atoms with van der Waals surface area (Å²) in [5.74, 6) is 0.162. The van der Waals surface area contributed by atoms with E-state index < -0.39 is 0 Å². The van der Waals surface area contributed by atoms with Gasteiger partial charge in [0.1, 0.15) is 12.0 Å². The van der Waals surface area contributed by atoms with E-state index in [1.54, 1.807) is 30.3 Å². The molecule has 2 amide bonds. The molecule has 1 heterocycles. The summed E-state index contributed by atoms with van der Waals surface area (Å²) in [6.07, 6.45) is 1.33. The van der Waals surface area contributed by atoms with Crippen LogP contribution in [0.1, 0.15) is 17.3 Å². The molecular formula is C23H21N7O2. The van der Waals surface area contributed by atoms with Crippen LogP contribution in [0, 0.1) is 0 Å². The maximum atomic E-state index is 12.7. The van der Waals surface area contributed by atoms with Crippen LogP contribution >= 0.6 is 0 Å². The predicted octanol–water partition coefficient (Wildman–Crippen LogP) is 3.67. The zero-order valence-electron chi connectivity index (χ0n) is 17.2. The molecule has 6 N–H and O–H groups in total. The molecule has 1 aromatic heterocycles. The monoisotopic (exact) mass is 427 g/mol. The number of aromatic nitrogens is 2. The van der Waals surface area contributed by atoms with E-state index in [1.165, 1.54) is 13.3 Å². The summed E-state index contributed by atoms with van der Waals surface area (Å²) in [7, 11) is 0. The Hall–Kier alpha value is -4.66. The number of nitrogens with two attached hydrogens (primary N) is 1. The quantitative estimate of drug-likeness (QED) is 0.296. The van der Waals surface area contributed by atoms with Gasteiger partial charge in [0, 0.05) is 23.9 Å². The van der Waals surface area contributed by atoms with Crippen LogP contribution in [0.15, 0.2) is 73.1 Å². The van der Waals surface area contributed by atoms with Crippen LogP contribution in [0.3, 0.4) is 0 Å². The summed E-state index contributed by atoms with van der Waals surface area (Å²) >= 11 is 0. The second-order valence-electron chi connectivity index (χ2n) is 6.97. The number of nitrogens with zero attached hydrogens (tertiary/aromatic N) is 2. The van der Waals surface area contributed by atoms with Gasteiger partial charge in [-0.05, 0) is 41.1 Å².